The van der Waals surface area contributed by atoms with E-state index in [1.54, 1.807) is 12.1 Å². The van der Waals surface area contributed by atoms with Gasteiger partial charge in [0.2, 0.25) is 5.91 Å². The zero-order chi connectivity index (χ0) is 22.3. The van der Waals surface area contributed by atoms with E-state index in [1.165, 1.54) is 31.5 Å². The molecular weight excluding hydrogens is 407 g/mol. The van der Waals surface area contributed by atoms with Crippen LogP contribution in [0.5, 0.6) is 0 Å². The van der Waals surface area contributed by atoms with E-state index < -0.39 is 41.8 Å². The maximum atomic E-state index is 14.7. The van der Waals surface area contributed by atoms with E-state index in [0.717, 1.165) is 11.0 Å². The first kappa shape index (κ1) is 20.5. The van der Waals surface area contributed by atoms with Crippen LogP contribution >= 0.6 is 0 Å². The molecule has 0 aliphatic carbocycles. The Bertz CT molecular complexity index is 1100. The number of carboxylic acids is 1. The molecule has 0 bridgehead atoms. The smallest absolute Gasteiger partial charge is 0.352 e. The lowest BCUT2D eigenvalue weighted by atomic mass is 9.82. The van der Waals surface area contributed by atoms with Gasteiger partial charge in [-0.05, 0) is 48.7 Å². The molecule has 0 saturated carbocycles. The van der Waals surface area contributed by atoms with Crippen molar-refractivity contribution in [2.24, 2.45) is 5.92 Å². The summed E-state index contributed by atoms with van der Waals surface area (Å²) in [6.45, 7) is 1.48. The topological polar surface area (TPSA) is 132 Å². The molecule has 9 nitrogen and oxygen atoms in total. The highest BCUT2D eigenvalue weighted by atomic mass is 19.1. The molecule has 1 aromatic carbocycles. The summed E-state index contributed by atoms with van der Waals surface area (Å²) >= 11 is 0. The minimum Gasteiger partial charge on any atom is -0.477 e. The number of amides is 3. The fourth-order valence-corrected chi connectivity index (χ4v) is 4.05. The molecule has 1 saturated heterocycles. The predicted octanol–water partition coefficient (Wildman–Crippen LogP) is 2.27. The number of nitrogens with zero attached hydrogens (tertiary/aromatic N) is 2. The van der Waals surface area contributed by atoms with Gasteiger partial charge in [-0.1, -0.05) is 6.07 Å². The number of halogens is 1. The van der Waals surface area contributed by atoms with Crippen LogP contribution in [-0.2, 0) is 9.59 Å². The van der Waals surface area contributed by atoms with Gasteiger partial charge in [-0.15, -0.1) is 0 Å². The normalized spacial score (nSPS) is 20.7. The van der Waals surface area contributed by atoms with E-state index >= 15 is 0 Å². The first-order valence-electron chi connectivity index (χ1n) is 9.53. The molecule has 0 spiro atoms. The summed E-state index contributed by atoms with van der Waals surface area (Å²) in [5, 5.41) is 24.4. The van der Waals surface area contributed by atoms with Gasteiger partial charge in [-0.25, -0.2) is 14.0 Å². The van der Waals surface area contributed by atoms with Crippen LogP contribution in [0.15, 0.2) is 48.4 Å². The third-order valence-electron chi connectivity index (χ3n) is 5.44. The third kappa shape index (κ3) is 3.61. The Balaban J connectivity index is 1.56. The molecule has 10 heteroatoms. The maximum absolute atomic E-state index is 14.7. The minimum absolute atomic E-state index is 0.0908. The number of nitrogens with one attached hydrogen (secondary N) is 2. The van der Waals surface area contributed by atoms with Crippen LogP contribution in [0.2, 0.25) is 0 Å². The summed E-state index contributed by atoms with van der Waals surface area (Å²) in [6, 6.07) is 5.95. The fourth-order valence-electron chi connectivity index (χ4n) is 4.05. The molecule has 160 valence electrons. The molecule has 3 heterocycles. The van der Waals surface area contributed by atoms with Crippen molar-refractivity contribution < 1.29 is 29.0 Å². The van der Waals surface area contributed by atoms with Crippen LogP contribution in [0.3, 0.4) is 0 Å². The third-order valence-corrected chi connectivity index (χ3v) is 5.44. The number of carbonyl (C=O) groups is 3. The number of pyridine rings is 1. The summed E-state index contributed by atoms with van der Waals surface area (Å²) in [7, 11) is 0. The van der Waals surface area contributed by atoms with Gasteiger partial charge < -0.3 is 25.7 Å². The Kier molecular flexibility index (Phi) is 5.15. The predicted molar refractivity (Wildman–Crippen MR) is 108 cm³/mol. The van der Waals surface area contributed by atoms with Crippen LogP contribution in [0, 0.1) is 11.7 Å². The summed E-state index contributed by atoms with van der Waals surface area (Å²) < 4.78 is 14.7. The number of aliphatic carboxylic acids is 1. The van der Waals surface area contributed by atoms with Gasteiger partial charge in [-0.3, -0.25) is 9.78 Å². The minimum atomic E-state index is -1.30. The number of hydrogen-bond donors (Lipinski definition) is 4. The second kappa shape index (κ2) is 7.80. The molecule has 2 aliphatic heterocycles. The first-order chi connectivity index (χ1) is 14.8. The molecular formula is C21H19FN4O5. The first-order valence-corrected chi connectivity index (χ1v) is 9.53. The van der Waals surface area contributed by atoms with Crippen LogP contribution in [-0.4, -0.2) is 50.2 Å². The number of aromatic nitrogens is 1. The average Bonchev–Trinajstić information content (AvgIpc) is 3.05. The van der Waals surface area contributed by atoms with Crippen molar-refractivity contribution in [1.29, 1.82) is 0 Å². The Morgan fingerprint density at radius 1 is 1.23 bits per heavy atom. The standard InChI is InChI=1S/C21H19FN4O5/c1-10(27)17-16-9-13(18(20(29)30)26(16)19(17)28)11-2-3-15(14(22)8-11)25-21(31)24-12-4-6-23-7-5-12/h2-8,10,16-17,27H,9H2,1H3,(H,29,30)(H2,23,24,25,31)/t10-,16-,17-/m1/s1. The van der Waals surface area contributed by atoms with Crippen molar-refractivity contribution >= 4 is 34.9 Å². The molecule has 1 fully saturated rings. The van der Waals surface area contributed by atoms with E-state index in [9.17, 15) is 29.0 Å². The number of rotatable bonds is 5. The quantitative estimate of drug-likeness (QED) is 0.543. The molecule has 0 unspecified atom stereocenters. The Hall–Kier alpha value is -3.79. The molecule has 3 atom stereocenters. The molecule has 4 N–H and O–H groups in total. The van der Waals surface area contributed by atoms with Crippen molar-refractivity contribution in [3.63, 3.8) is 0 Å². The second-order valence-corrected chi connectivity index (χ2v) is 7.39. The van der Waals surface area contributed by atoms with E-state index in [2.05, 4.69) is 15.6 Å². The van der Waals surface area contributed by atoms with Gasteiger partial charge in [0.15, 0.2) is 0 Å². The summed E-state index contributed by atoms with van der Waals surface area (Å²) in [5.74, 6) is -3.20. The number of aliphatic hydroxyl groups is 1. The van der Waals surface area contributed by atoms with Crippen molar-refractivity contribution in [2.75, 3.05) is 10.6 Å². The Labute approximate surface area is 176 Å². The molecule has 1 aromatic heterocycles. The van der Waals surface area contributed by atoms with E-state index in [-0.39, 0.29) is 17.8 Å². The van der Waals surface area contributed by atoms with Gasteiger partial charge in [0.25, 0.3) is 0 Å². The molecule has 2 aromatic rings. The van der Waals surface area contributed by atoms with E-state index in [4.69, 9.17) is 0 Å². The molecule has 0 radical (unpaired) electrons. The zero-order valence-electron chi connectivity index (χ0n) is 16.4. The summed E-state index contributed by atoms with van der Waals surface area (Å²) in [5.41, 5.74) is 0.783. The van der Waals surface area contributed by atoms with Crippen LogP contribution in [0.25, 0.3) is 5.57 Å². The van der Waals surface area contributed by atoms with Crippen molar-refractivity contribution in [3.05, 3.63) is 59.8 Å². The highest BCUT2D eigenvalue weighted by Gasteiger charge is 2.56. The highest BCUT2D eigenvalue weighted by Crippen LogP contribution is 2.47. The maximum Gasteiger partial charge on any atom is 0.352 e. The van der Waals surface area contributed by atoms with Gasteiger partial charge in [-0.2, -0.15) is 0 Å². The lowest BCUT2D eigenvalue weighted by molar-refractivity contribution is -0.161. The highest BCUT2D eigenvalue weighted by molar-refractivity contribution is 6.06. The Morgan fingerprint density at radius 3 is 2.55 bits per heavy atom. The number of aliphatic hydroxyl groups excluding tert-OH is 1. The average molecular weight is 426 g/mol. The monoisotopic (exact) mass is 426 g/mol. The number of benzene rings is 1. The molecule has 3 amide bonds. The number of anilines is 2. The van der Waals surface area contributed by atoms with Crippen LogP contribution < -0.4 is 10.6 Å². The van der Waals surface area contributed by atoms with Crippen molar-refractivity contribution in [2.45, 2.75) is 25.5 Å². The van der Waals surface area contributed by atoms with Gasteiger partial charge in [0.05, 0.1) is 23.8 Å². The number of hydrogen-bond acceptors (Lipinski definition) is 5. The van der Waals surface area contributed by atoms with Crippen molar-refractivity contribution in [3.8, 4) is 0 Å². The largest absolute Gasteiger partial charge is 0.477 e. The zero-order valence-corrected chi connectivity index (χ0v) is 16.4. The number of carboxylic acid groups (broad SMARTS) is 1. The van der Waals surface area contributed by atoms with Crippen LogP contribution in [0.1, 0.15) is 18.9 Å². The number of urea groups is 1. The Morgan fingerprint density at radius 2 is 1.94 bits per heavy atom. The van der Waals surface area contributed by atoms with Gasteiger partial charge in [0, 0.05) is 18.1 Å². The van der Waals surface area contributed by atoms with E-state index in [1.807, 2.05) is 0 Å². The van der Waals surface area contributed by atoms with Crippen LogP contribution in [0.4, 0.5) is 20.6 Å². The second-order valence-electron chi connectivity index (χ2n) is 7.39. The number of carbonyl (C=O) groups excluding carboxylic acids is 2. The number of β-lactam (4-membered cyclic amide) rings is 1. The molecule has 2 aliphatic rings. The number of fused-ring (bicyclic) bond motifs is 1. The summed E-state index contributed by atoms with van der Waals surface area (Å²) in [6.07, 6.45) is 2.27. The lowest BCUT2D eigenvalue weighted by Crippen LogP contribution is -2.61. The summed E-state index contributed by atoms with van der Waals surface area (Å²) in [4.78, 5) is 41.2. The fraction of sp³-hybridized carbons (Fsp3) is 0.238. The SMILES string of the molecule is C[C@@H](O)[C@H]1C(=O)N2C(C(=O)O)=C(c3ccc(NC(=O)Nc4ccncc4)c(F)c3)C[C@H]12. The molecule has 31 heavy (non-hydrogen) atoms. The van der Waals surface area contributed by atoms with E-state index in [0.29, 0.717) is 16.8 Å². The lowest BCUT2D eigenvalue weighted by Gasteiger charge is -2.44. The van der Waals surface area contributed by atoms with Gasteiger partial charge >= 0.3 is 12.0 Å². The van der Waals surface area contributed by atoms with Crippen molar-refractivity contribution in [1.82, 2.24) is 9.88 Å². The van der Waals surface area contributed by atoms with Gasteiger partial charge in [0.1, 0.15) is 11.5 Å². The molecule has 4 rings (SSSR count).